The van der Waals surface area contributed by atoms with Crippen LogP contribution in [0.4, 0.5) is 0 Å². The molecule has 1 unspecified atom stereocenters. The van der Waals surface area contributed by atoms with Gasteiger partial charge in [-0.05, 0) is 25.8 Å². The largest absolute Gasteiger partial charge is 0.392 e. The SMILES string of the molecule is Cl.OC1CCCCNC1. The summed E-state index contributed by atoms with van der Waals surface area (Å²) in [5.41, 5.74) is 0. The van der Waals surface area contributed by atoms with E-state index < -0.39 is 0 Å². The van der Waals surface area contributed by atoms with Gasteiger partial charge in [0.2, 0.25) is 0 Å². The first-order valence-electron chi connectivity index (χ1n) is 3.28. The van der Waals surface area contributed by atoms with Crippen LogP contribution in [0.15, 0.2) is 0 Å². The van der Waals surface area contributed by atoms with Crippen molar-refractivity contribution in [2.24, 2.45) is 0 Å². The fourth-order valence-corrected chi connectivity index (χ4v) is 1.00. The molecule has 2 N–H and O–H groups in total. The van der Waals surface area contributed by atoms with Gasteiger partial charge in [0.15, 0.2) is 0 Å². The summed E-state index contributed by atoms with van der Waals surface area (Å²) >= 11 is 0. The number of aliphatic hydroxyl groups excluding tert-OH is 1. The highest BCUT2D eigenvalue weighted by molar-refractivity contribution is 5.85. The maximum absolute atomic E-state index is 9.03. The Kier molecular flexibility index (Phi) is 5.15. The standard InChI is InChI=1S/C6H13NO.ClH/c8-6-3-1-2-4-7-5-6;/h6-8H,1-5H2;1H. The van der Waals surface area contributed by atoms with Gasteiger partial charge >= 0.3 is 0 Å². The van der Waals surface area contributed by atoms with Gasteiger partial charge in [-0.2, -0.15) is 0 Å². The van der Waals surface area contributed by atoms with Gasteiger partial charge in [0.25, 0.3) is 0 Å². The van der Waals surface area contributed by atoms with Crippen molar-refractivity contribution in [1.82, 2.24) is 5.32 Å². The number of hydrogen-bond donors (Lipinski definition) is 2. The monoisotopic (exact) mass is 151 g/mol. The first kappa shape index (κ1) is 9.21. The summed E-state index contributed by atoms with van der Waals surface area (Å²) in [4.78, 5) is 0. The number of β-amino-alcohol motifs (C(OH)–C–C–N with tert-alkyl or cyclic N) is 1. The lowest BCUT2D eigenvalue weighted by atomic mass is 10.2. The fraction of sp³-hybridized carbons (Fsp3) is 1.00. The Morgan fingerprint density at radius 2 is 2.11 bits per heavy atom. The van der Waals surface area contributed by atoms with Crippen molar-refractivity contribution in [3.05, 3.63) is 0 Å². The topological polar surface area (TPSA) is 32.3 Å². The number of nitrogens with one attached hydrogen (secondary N) is 1. The van der Waals surface area contributed by atoms with Crippen molar-refractivity contribution >= 4 is 12.4 Å². The molecule has 1 atom stereocenters. The summed E-state index contributed by atoms with van der Waals surface area (Å²) < 4.78 is 0. The van der Waals surface area contributed by atoms with Crippen LogP contribution < -0.4 is 5.32 Å². The summed E-state index contributed by atoms with van der Waals surface area (Å²) in [5, 5.41) is 12.2. The van der Waals surface area contributed by atoms with Crippen LogP contribution in [0.3, 0.4) is 0 Å². The molecule has 1 fully saturated rings. The molecule has 2 nitrogen and oxygen atoms in total. The van der Waals surface area contributed by atoms with Gasteiger partial charge in [0, 0.05) is 6.54 Å². The molecular formula is C6H14ClNO. The fourth-order valence-electron chi connectivity index (χ4n) is 1.00. The minimum Gasteiger partial charge on any atom is -0.392 e. The Bertz CT molecular complexity index is 62.1. The predicted molar refractivity (Wildman–Crippen MR) is 40.0 cm³/mol. The van der Waals surface area contributed by atoms with Crippen LogP contribution in [0, 0.1) is 0 Å². The van der Waals surface area contributed by atoms with E-state index in [9.17, 15) is 0 Å². The molecule has 0 aromatic carbocycles. The molecule has 0 amide bonds. The van der Waals surface area contributed by atoms with Gasteiger partial charge in [-0.15, -0.1) is 12.4 Å². The van der Waals surface area contributed by atoms with Gasteiger partial charge in [0.1, 0.15) is 0 Å². The highest BCUT2D eigenvalue weighted by atomic mass is 35.5. The van der Waals surface area contributed by atoms with Crippen molar-refractivity contribution in [3.8, 4) is 0 Å². The number of halogens is 1. The molecule has 3 heteroatoms. The van der Waals surface area contributed by atoms with Crippen LogP contribution >= 0.6 is 12.4 Å². The minimum atomic E-state index is -0.0856. The van der Waals surface area contributed by atoms with Gasteiger partial charge in [0.05, 0.1) is 6.10 Å². The first-order chi connectivity index (χ1) is 3.89. The zero-order valence-electron chi connectivity index (χ0n) is 5.47. The normalized spacial score (nSPS) is 28.3. The van der Waals surface area contributed by atoms with E-state index in [1.54, 1.807) is 0 Å². The van der Waals surface area contributed by atoms with Gasteiger partial charge in [-0.25, -0.2) is 0 Å². The molecule has 56 valence electrons. The zero-order chi connectivity index (χ0) is 5.82. The summed E-state index contributed by atoms with van der Waals surface area (Å²) in [6, 6.07) is 0. The molecule has 1 heterocycles. The van der Waals surface area contributed by atoms with E-state index in [2.05, 4.69) is 5.32 Å². The zero-order valence-corrected chi connectivity index (χ0v) is 6.28. The van der Waals surface area contributed by atoms with Crippen molar-refractivity contribution in [3.63, 3.8) is 0 Å². The van der Waals surface area contributed by atoms with Crippen molar-refractivity contribution in [1.29, 1.82) is 0 Å². The van der Waals surface area contributed by atoms with E-state index in [0.29, 0.717) is 0 Å². The molecule has 0 radical (unpaired) electrons. The maximum atomic E-state index is 9.03. The second kappa shape index (κ2) is 5.03. The van der Waals surface area contributed by atoms with E-state index in [-0.39, 0.29) is 18.5 Å². The Balaban J connectivity index is 0.000000640. The average Bonchev–Trinajstić information content (AvgIpc) is 1.94. The molecule has 1 rings (SSSR count). The Hall–Kier alpha value is 0.210. The van der Waals surface area contributed by atoms with Gasteiger partial charge in [-0.1, -0.05) is 0 Å². The summed E-state index contributed by atoms with van der Waals surface area (Å²) in [6.07, 6.45) is 3.29. The molecular weight excluding hydrogens is 138 g/mol. The molecule has 1 aliphatic heterocycles. The smallest absolute Gasteiger partial charge is 0.0664 e. The molecule has 0 saturated carbocycles. The summed E-state index contributed by atoms with van der Waals surface area (Å²) in [7, 11) is 0. The minimum absolute atomic E-state index is 0. The highest BCUT2D eigenvalue weighted by Crippen LogP contribution is 2.02. The van der Waals surface area contributed by atoms with Crippen LogP contribution in [-0.2, 0) is 0 Å². The third-order valence-corrected chi connectivity index (χ3v) is 1.52. The third kappa shape index (κ3) is 3.73. The van der Waals surface area contributed by atoms with Gasteiger partial charge in [-0.3, -0.25) is 0 Å². The number of rotatable bonds is 0. The van der Waals surface area contributed by atoms with E-state index >= 15 is 0 Å². The second-order valence-electron chi connectivity index (χ2n) is 2.35. The van der Waals surface area contributed by atoms with Crippen LogP contribution in [0.1, 0.15) is 19.3 Å². The van der Waals surface area contributed by atoms with E-state index in [1.807, 2.05) is 0 Å². The molecule has 0 aliphatic carbocycles. The molecule has 1 aliphatic rings. The maximum Gasteiger partial charge on any atom is 0.0664 e. The van der Waals surface area contributed by atoms with Crippen molar-refractivity contribution in [2.45, 2.75) is 25.4 Å². The third-order valence-electron chi connectivity index (χ3n) is 1.52. The second-order valence-corrected chi connectivity index (χ2v) is 2.35. The van der Waals surface area contributed by atoms with Crippen LogP contribution in [0.5, 0.6) is 0 Å². The highest BCUT2D eigenvalue weighted by Gasteiger charge is 2.05. The van der Waals surface area contributed by atoms with Crippen LogP contribution in [0.2, 0.25) is 0 Å². The first-order valence-corrected chi connectivity index (χ1v) is 3.28. The van der Waals surface area contributed by atoms with Crippen molar-refractivity contribution in [2.75, 3.05) is 13.1 Å². The molecule has 9 heavy (non-hydrogen) atoms. The van der Waals surface area contributed by atoms with Crippen molar-refractivity contribution < 1.29 is 5.11 Å². The molecule has 1 saturated heterocycles. The lowest BCUT2D eigenvalue weighted by molar-refractivity contribution is 0.168. The summed E-state index contributed by atoms with van der Waals surface area (Å²) in [5.74, 6) is 0. The average molecular weight is 152 g/mol. The molecule has 0 aromatic rings. The van der Waals surface area contributed by atoms with Gasteiger partial charge < -0.3 is 10.4 Å². The number of hydrogen-bond acceptors (Lipinski definition) is 2. The lowest BCUT2D eigenvalue weighted by Crippen LogP contribution is -2.23. The number of aliphatic hydroxyl groups is 1. The van der Waals surface area contributed by atoms with Crippen LogP contribution in [-0.4, -0.2) is 24.3 Å². The molecule has 0 bridgehead atoms. The van der Waals surface area contributed by atoms with E-state index in [1.165, 1.54) is 12.8 Å². The van der Waals surface area contributed by atoms with E-state index in [4.69, 9.17) is 5.11 Å². The Morgan fingerprint density at radius 3 is 2.89 bits per heavy atom. The Labute approximate surface area is 62.1 Å². The van der Waals surface area contributed by atoms with Crippen LogP contribution in [0.25, 0.3) is 0 Å². The lowest BCUT2D eigenvalue weighted by Gasteiger charge is -2.03. The molecule has 0 aromatic heterocycles. The predicted octanol–water partition coefficient (Wildman–Crippen LogP) is 0.543. The molecule has 0 spiro atoms. The quantitative estimate of drug-likeness (QED) is 0.530. The Morgan fingerprint density at radius 1 is 1.33 bits per heavy atom. The summed E-state index contributed by atoms with van der Waals surface area (Å²) in [6.45, 7) is 1.87. The van der Waals surface area contributed by atoms with E-state index in [0.717, 1.165) is 19.5 Å².